The van der Waals surface area contributed by atoms with Gasteiger partial charge >= 0.3 is 0 Å². The highest BCUT2D eigenvalue weighted by Gasteiger charge is 2.29. The lowest BCUT2D eigenvalue weighted by molar-refractivity contribution is -0.128. The average Bonchev–Trinajstić information content (AvgIpc) is 2.42. The van der Waals surface area contributed by atoms with Crippen LogP contribution in [0.1, 0.15) is 21.5 Å². The van der Waals surface area contributed by atoms with Crippen LogP contribution in [-0.2, 0) is 9.53 Å². The van der Waals surface area contributed by atoms with Crippen LogP contribution in [0.5, 0.6) is 0 Å². The van der Waals surface area contributed by atoms with E-state index >= 15 is 0 Å². The van der Waals surface area contributed by atoms with Crippen LogP contribution in [0.3, 0.4) is 0 Å². The van der Waals surface area contributed by atoms with Crippen molar-refractivity contribution in [3.63, 3.8) is 0 Å². The van der Waals surface area contributed by atoms with E-state index in [4.69, 9.17) is 10.5 Å². The molecule has 1 saturated heterocycles. The first-order chi connectivity index (χ1) is 9.49. The van der Waals surface area contributed by atoms with Crippen LogP contribution in [0.2, 0.25) is 0 Å². The number of nitrogens with zero attached hydrogens (tertiary/aromatic N) is 1. The van der Waals surface area contributed by atoms with E-state index in [1.54, 1.807) is 4.90 Å². The van der Waals surface area contributed by atoms with Gasteiger partial charge in [0.1, 0.15) is 6.04 Å². The maximum atomic E-state index is 12.3. The Morgan fingerprint density at radius 3 is 2.75 bits per heavy atom. The first-order valence-electron chi connectivity index (χ1n) is 6.70. The number of ketones is 1. The summed E-state index contributed by atoms with van der Waals surface area (Å²) in [6, 6.07) is 5.13. The minimum Gasteiger partial charge on any atom is -0.378 e. The van der Waals surface area contributed by atoms with E-state index in [2.05, 4.69) is 0 Å². The Labute approximate surface area is 118 Å². The van der Waals surface area contributed by atoms with Crippen molar-refractivity contribution in [1.82, 2.24) is 4.90 Å². The first-order valence-corrected chi connectivity index (χ1v) is 6.70. The molecule has 0 aliphatic carbocycles. The number of carbonyl (C=O) groups is 2. The van der Waals surface area contributed by atoms with Gasteiger partial charge < -0.3 is 10.5 Å². The van der Waals surface area contributed by atoms with Crippen LogP contribution in [0.25, 0.3) is 0 Å². The Hall–Kier alpha value is -1.72. The molecule has 0 saturated carbocycles. The first kappa shape index (κ1) is 14.7. The number of primary amides is 1. The molecule has 1 aliphatic heterocycles. The highest BCUT2D eigenvalue weighted by atomic mass is 16.5. The van der Waals surface area contributed by atoms with Gasteiger partial charge in [-0.2, -0.15) is 0 Å². The quantitative estimate of drug-likeness (QED) is 0.820. The molecule has 1 fully saturated rings. The number of hydrogen-bond donors (Lipinski definition) is 1. The zero-order chi connectivity index (χ0) is 14.7. The SMILES string of the molecule is Cc1ccc(C(=O)CN2CCOCC2C(N)=O)cc1C. The van der Waals surface area contributed by atoms with Crippen molar-refractivity contribution in [2.45, 2.75) is 19.9 Å². The van der Waals surface area contributed by atoms with Crippen LogP contribution in [0.4, 0.5) is 0 Å². The molecule has 1 unspecified atom stereocenters. The van der Waals surface area contributed by atoms with Gasteiger partial charge in [0.25, 0.3) is 0 Å². The summed E-state index contributed by atoms with van der Waals surface area (Å²) >= 11 is 0. The van der Waals surface area contributed by atoms with Crippen molar-refractivity contribution >= 4 is 11.7 Å². The van der Waals surface area contributed by atoms with Crippen LogP contribution in [0, 0.1) is 13.8 Å². The summed E-state index contributed by atoms with van der Waals surface area (Å²) < 4.78 is 5.24. The van der Waals surface area contributed by atoms with E-state index in [1.165, 1.54) is 0 Å². The Balaban J connectivity index is 2.09. The van der Waals surface area contributed by atoms with E-state index in [1.807, 2.05) is 32.0 Å². The summed E-state index contributed by atoms with van der Waals surface area (Å²) in [6.45, 7) is 5.50. The van der Waals surface area contributed by atoms with Gasteiger partial charge in [-0.05, 0) is 31.0 Å². The largest absolute Gasteiger partial charge is 0.378 e. The lowest BCUT2D eigenvalue weighted by atomic mass is 10.0. The highest BCUT2D eigenvalue weighted by Crippen LogP contribution is 2.13. The Bertz CT molecular complexity index is 528. The number of hydrogen-bond acceptors (Lipinski definition) is 4. The van der Waals surface area contributed by atoms with E-state index in [0.29, 0.717) is 18.7 Å². The summed E-state index contributed by atoms with van der Waals surface area (Å²) in [6.07, 6.45) is 0. The molecular weight excluding hydrogens is 256 g/mol. The Morgan fingerprint density at radius 1 is 1.35 bits per heavy atom. The number of aryl methyl sites for hydroxylation is 2. The van der Waals surface area contributed by atoms with E-state index < -0.39 is 11.9 Å². The zero-order valence-corrected chi connectivity index (χ0v) is 11.9. The lowest BCUT2D eigenvalue weighted by Crippen LogP contribution is -2.53. The zero-order valence-electron chi connectivity index (χ0n) is 11.9. The van der Waals surface area contributed by atoms with Gasteiger partial charge in [-0.15, -0.1) is 0 Å². The predicted molar refractivity (Wildman–Crippen MR) is 75.6 cm³/mol. The molecular formula is C15H20N2O3. The molecule has 0 radical (unpaired) electrons. The number of morpholine rings is 1. The van der Waals surface area contributed by atoms with Gasteiger partial charge in [-0.3, -0.25) is 14.5 Å². The summed E-state index contributed by atoms with van der Waals surface area (Å²) in [7, 11) is 0. The number of ether oxygens (including phenoxy) is 1. The molecule has 1 aromatic rings. The van der Waals surface area contributed by atoms with Crippen molar-refractivity contribution in [3.05, 3.63) is 34.9 Å². The van der Waals surface area contributed by atoms with E-state index in [-0.39, 0.29) is 18.9 Å². The molecule has 20 heavy (non-hydrogen) atoms. The van der Waals surface area contributed by atoms with Crippen LogP contribution in [-0.4, -0.2) is 48.9 Å². The minimum atomic E-state index is -0.515. The molecule has 1 aromatic carbocycles. The van der Waals surface area contributed by atoms with Crippen LogP contribution >= 0.6 is 0 Å². The van der Waals surface area contributed by atoms with Crippen LogP contribution < -0.4 is 5.73 Å². The molecule has 1 atom stereocenters. The summed E-state index contributed by atoms with van der Waals surface area (Å²) in [4.78, 5) is 25.5. The third-order valence-electron chi connectivity index (χ3n) is 3.74. The normalized spacial score (nSPS) is 19.8. The number of rotatable bonds is 4. The molecule has 0 aromatic heterocycles. The molecule has 2 rings (SSSR count). The van der Waals surface area contributed by atoms with Gasteiger partial charge in [-0.25, -0.2) is 0 Å². The molecule has 2 N–H and O–H groups in total. The van der Waals surface area contributed by atoms with Gasteiger partial charge in [0.05, 0.1) is 19.8 Å². The smallest absolute Gasteiger partial charge is 0.237 e. The molecule has 0 spiro atoms. The van der Waals surface area contributed by atoms with Crippen molar-refractivity contribution in [3.8, 4) is 0 Å². The lowest BCUT2D eigenvalue weighted by Gasteiger charge is -2.32. The monoisotopic (exact) mass is 276 g/mol. The summed E-state index contributed by atoms with van der Waals surface area (Å²) in [5.41, 5.74) is 8.26. The molecule has 1 heterocycles. The van der Waals surface area contributed by atoms with Gasteiger partial charge in [0.2, 0.25) is 5.91 Å². The van der Waals surface area contributed by atoms with Crippen molar-refractivity contribution < 1.29 is 14.3 Å². The third kappa shape index (κ3) is 3.23. The maximum absolute atomic E-state index is 12.3. The number of Topliss-reactive ketones (excluding diaryl/α,β-unsaturated/α-hetero) is 1. The molecule has 1 amide bonds. The third-order valence-corrected chi connectivity index (χ3v) is 3.74. The predicted octanol–water partition coefficient (Wildman–Crippen LogP) is 0.672. The molecule has 108 valence electrons. The second-order valence-electron chi connectivity index (χ2n) is 5.19. The van der Waals surface area contributed by atoms with Crippen molar-refractivity contribution in [1.29, 1.82) is 0 Å². The fourth-order valence-corrected chi connectivity index (χ4v) is 2.28. The highest BCUT2D eigenvalue weighted by molar-refractivity contribution is 5.98. The van der Waals surface area contributed by atoms with Gasteiger partial charge in [-0.1, -0.05) is 12.1 Å². The molecule has 5 heteroatoms. The van der Waals surface area contributed by atoms with E-state index in [9.17, 15) is 9.59 Å². The molecule has 5 nitrogen and oxygen atoms in total. The summed E-state index contributed by atoms with van der Waals surface area (Å²) in [5.74, 6) is -0.446. The number of nitrogens with two attached hydrogens (primary N) is 1. The van der Waals surface area contributed by atoms with Gasteiger partial charge in [0, 0.05) is 12.1 Å². The fourth-order valence-electron chi connectivity index (χ4n) is 2.28. The Morgan fingerprint density at radius 2 is 2.10 bits per heavy atom. The molecule has 1 aliphatic rings. The minimum absolute atomic E-state index is 0.00116. The standard InChI is InChI=1S/C15H20N2O3/c1-10-3-4-12(7-11(10)2)14(18)8-17-5-6-20-9-13(17)15(16)19/h3-4,7,13H,5-6,8-9H2,1-2H3,(H2,16,19). The topological polar surface area (TPSA) is 72.6 Å². The van der Waals surface area contributed by atoms with Crippen LogP contribution in [0.15, 0.2) is 18.2 Å². The number of carbonyl (C=O) groups excluding carboxylic acids is 2. The second kappa shape index (κ2) is 6.15. The van der Waals surface area contributed by atoms with E-state index in [0.717, 1.165) is 11.1 Å². The Kier molecular flexibility index (Phi) is 4.52. The summed E-state index contributed by atoms with van der Waals surface area (Å²) in [5, 5.41) is 0. The van der Waals surface area contributed by atoms with Crippen molar-refractivity contribution in [2.24, 2.45) is 5.73 Å². The van der Waals surface area contributed by atoms with Crippen molar-refractivity contribution in [2.75, 3.05) is 26.3 Å². The average molecular weight is 276 g/mol. The fraction of sp³-hybridized carbons (Fsp3) is 0.467. The second-order valence-corrected chi connectivity index (χ2v) is 5.19. The maximum Gasteiger partial charge on any atom is 0.237 e. The number of amides is 1. The van der Waals surface area contributed by atoms with Gasteiger partial charge in [0.15, 0.2) is 5.78 Å². The molecule has 0 bridgehead atoms. The number of benzene rings is 1.